The Kier molecular flexibility index (Phi) is 4.67. The largest absolute Gasteiger partial charge is 0.471 e. The molecular weight excluding hydrogens is 349 g/mol. The maximum absolute atomic E-state index is 12.5. The zero-order valence-electron chi connectivity index (χ0n) is 13.3. The second-order valence-electron chi connectivity index (χ2n) is 5.65. The second kappa shape index (κ2) is 6.92. The first-order valence-electron chi connectivity index (χ1n) is 7.61. The summed E-state index contributed by atoms with van der Waals surface area (Å²) in [6, 6.07) is 8.91. The van der Waals surface area contributed by atoms with Gasteiger partial charge in [0.25, 0.3) is 0 Å². The van der Waals surface area contributed by atoms with E-state index >= 15 is 0 Å². The van der Waals surface area contributed by atoms with Crippen LogP contribution in [0.25, 0.3) is 0 Å². The van der Waals surface area contributed by atoms with Gasteiger partial charge in [-0.3, -0.25) is 0 Å². The summed E-state index contributed by atoms with van der Waals surface area (Å²) < 4.78 is 43.1. The number of nitriles is 1. The van der Waals surface area contributed by atoms with Gasteiger partial charge >= 0.3 is 12.2 Å². The van der Waals surface area contributed by atoms with Crippen LogP contribution >= 0.6 is 0 Å². The molecular formula is C17H13F3N4O2. The van der Waals surface area contributed by atoms with E-state index in [9.17, 15) is 18.0 Å². The molecule has 0 aliphatic carbocycles. The third-order valence-corrected chi connectivity index (χ3v) is 3.75. The number of alkyl halides is 3. The average Bonchev–Trinajstić information content (AvgIpc) is 2.58. The lowest BCUT2D eigenvalue weighted by Crippen LogP contribution is -2.57. The molecule has 1 aliphatic rings. The van der Waals surface area contributed by atoms with E-state index in [2.05, 4.69) is 10.3 Å². The van der Waals surface area contributed by atoms with Gasteiger partial charge in [-0.15, -0.1) is 0 Å². The maximum Gasteiger partial charge on any atom is 0.416 e. The zero-order chi connectivity index (χ0) is 18.7. The number of ether oxygens (including phenoxy) is 1. The van der Waals surface area contributed by atoms with Crippen LogP contribution in [-0.4, -0.2) is 35.1 Å². The van der Waals surface area contributed by atoms with E-state index in [0.717, 1.165) is 12.1 Å². The predicted molar refractivity (Wildman–Crippen MR) is 85.4 cm³/mol. The number of aromatic nitrogens is 1. The molecule has 2 aromatic rings. The summed E-state index contributed by atoms with van der Waals surface area (Å²) in [5, 5.41) is 11.2. The number of nitrogens with one attached hydrogen (secondary N) is 1. The monoisotopic (exact) mass is 362 g/mol. The molecule has 1 fully saturated rings. The number of pyridine rings is 1. The molecule has 0 atom stereocenters. The minimum absolute atomic E-state index is 0.228. The fourth-order valence-electron chi connectivity index (χ4n) is 2.31. The van der Waals surface area contributed by atoms with Gasteiger partial charge in [-0.1, -0.05) is 0 Å². The Morgan fingerprint density at radius 1 is 1.23 bits per heavy atom. The number of hydrogen-bond acceptors (Lipinski definition) is 4. The van der Waals surface area contributed by atoms with Crippen LogP contribution in [0.3, 0.4) is 0 Å². The third-order valence-electron chi connectivity index (χ3n) is 3.75. The average molecular weight is 362 g/mol. The topological polar surface area (TPSA) is 78.2 Å². The van der Waals surface area contributed by atoms with Gasteiger partial charge in [0, 0.05) is 18.0 Å². The van der Waals surface area contributed by atoms with Crippen molar-refractivity contribution in [1.82, 2.24) is 9.88 Å². The number of hydrogen-bond donors (Lipinski definition) is 1. The molecule has 0 saturated carbocycles. The van der Waals surface area contributed by atoms with Crippen molar-refractivity contribution < 1.29 is 22.7 Å². The van der Waals surface area contributed by atoms with Crippen molar-refractivity contribution in [3.63, 3.8) is 0 Å². The van der Waals surface area contributed by atoms with E-state index < -0.39 is 17.8 Å². The number of likely N-dealkylation sites (tertiary alicyclic amines) is 1. The molecule has 1 saturated heterocycles. The fraction of sp³-hybridized carbons (Fsp3) is 0.235. The lowest BCUT2D eigenvalue weighted by molar-refractivity contribution is -0.137. The molecule has 1 N–H and O–H groups in total. The van der Waals surface area contributed by atoms with E-state index in [1.807, 2.05) is 6.07 Å². The Labute approximate surface area is 146 Å². The van der Waals surface area contributed by atoms with E-state index in [1.54, 1.807) is 12.1 Å². The van der Waals surface area contributed by atoms with Gasteiger partial charge in [0.05, 0.1) is 24.2 Å². The quantitative estimate of drug-likeness (QED) is 0.909. The normalized spacial score (nSPS) is 14.3. The molecule has 1 aromatic heterocycles. The van der Waals surface area contributed by atoms with Gasteiger partial charge in [0.1, 0.15) is 12.2 Å². The summed E-state index contributed by atoms with van der Waals surface area (Å²) in [5.74, 6) is 0.358. The number of anilines is 1. The number of carbonyl (C=O) groups is 1. The molecule has 0 spiro atoms. The lowest BCUT2D eigenvalue weighted by atomic mass is 10.2. The fourth-order valence-corrected chi connectivity index (χ4v) is 2.31. The number of rotatable bonds is 3. The van der Waals surface area contributed by atoms with Gasteiger partial charge in [-0.05, 0) is 30.3 Å². The van der Waals surface area contributed by atoms with Gasteiger partial charge in [0.2, 0.25) is 5.88 Å². The number of benzene rings is 1. The van der Waals surface area contributed by atoms with Crippen molar-refractivity contribution in [3.05, 3.63) is 53.7 Å². The maximum atomic E-state index is 12.5. The standard InChI is InChI=1S/C17H13F3N4O2/c18-17(19,20)12-2-4-13(5-3-12)23-16(25)24-9-14(10-24)26-15-6-1-11(7-21)8-22-15/h1-6,8,14H,9-10H2,(H,23,25). The molecule has 1 aromatic carbocycles. The summed E-state index contributed by atoms with van der Waals surface area (Å²) in [4.78, 5) is 17.5. The zero-order valence-corrected chi connectivity index (χ0v) is 13.3. The van der Waals surface area contributed by atoms with Crippen molar-refractivity contribution in [2.75, 3.05) is 18.4 Å². The minimum Gasteiger partial charge on any atom is -0.471 e. The van der Waals surface area contributed by atoms with Crippen LogP contribution in [0.2, 0.25) is 0 Å². The molecule has 0 radical (unpaired) electrons. The van der Waals surface area contributed by atoms with Crippen LogP contribution in [-0.2, 0) is 6.18 Å². The number of amides is 2. The van der Waals surface area contributed by atoms with Crippen molar-refractivity contribution >= 4 is 11.7 Å². The molecule has 26 heavy (non-hydrogen) atoms. The number of carbonyl (C=O) groups excluding carboxylic acids is 1. The van der Waals surface area contributed by atoms with Crippen LogP contribution in [0.4, 0.5) is 23.7 Å². The third kappa shape index (κ3) is 4.03. The van der Waals surface area contributed by atoms with Crippen LogP contribution in [0.5, 0.6) is 5.88 Å². The van der Waals surface area contributed by atoms with Crippen LogP contribution in [0.1, 0.15) is 11.1 Å². The number of halogens is 3. The number of nitrogens with zero attached hydrogens (tertiary/aromatic N) is 3. The van der Waals surface area contributed by atoms with E-state index in [0.29, 0.717) is 24.5 Å². The highest BCUT2D eigenvalue weighted by molar-refractivity contribution is 5.89. The molecule has 6 nitrogen and oxygen atoms in total. The Bertz CT molecular complexity index is 823. The highest BCUT2D eigenvalue weighted by atomic mass is 19.4. The van der Waals surface area contributed by atoms with Gasteiger partial charge in [-0.2, -0.15) is 18.4 Å². The van der Waals surface area contributed by atoms with Crippen molar-refractivity contribution in [3.8, 4) is 11.9 Å². The summed E-state index contributed by atoms with van der Waals surface area (Å²) in [6.07, 6.45) is -3.25. The predicted octanol–water partition coefficient (Wildman–Crippen LogP) is 3.27. The SMILES string of the molecule is N#Cc1ccc(OC2CN(C(=O)Nc3ccc(C(F)(F)F)cc3)C2)nc1. The highest BCUT2D eigenvalue weighted by Gasteiger charge is 2.33. The summed E-state index contributed by atoms with van der Waals surface area (Å²) >= 11 is 0. The second-order valence-corrected chi connectivity index (χ2v) is 5.65. The van der Waals surface area contributed by atoms with Gasteiger partial charge < -0.3 is 15.0 Å². The number of urea groups is 1. The van der Waals surface area contributed by atoms with Crippen molar-refractivity contribution in [1.29, 1.82) is 5.26 Å². The van der Waals surface area contributed by atoms with Crippen LogP contribution < -0.4 is 10.1 Å². The summed E-state index contributed by atoms with van der Waals surface area (Å²) in [7, 11) is 0. The molecule has 2 amide bonds. The van der Waals surface area contributed by atoms with Crippen molar-refractivity contribution in [2.24, 2.45) is 0 Å². The first-order chi connectivity index (χ1) is 12.3. The first kappa shape index (κ1) is 17.5. The molecule has 0 unspecified atom stereocenters. The van der Waals surface area contributed by atoms with Crippen LogP contribution in [0.15, 0.2) is 42.6 Å². The summed E-state index contributed by atoms with van der Waals surface area (Å²) in [6.45, 7) is 0.655. The Balaban J connectivity index is 1.48. The van der Waals surface area contributed by atoms with E-state index in [1.165, 1.54) is 23.2 Å². The molecule has 1 aliphatic heterocycles. The molecule has 3 rings (SSSR count). The Hall–Kier alpha value is -3.28. The molecule has 134 valence electrons. The smallest absolute Gasteiger partial charge is 0.416 e. The van der Waals surface area contributed by atoms with Crippen LogP contribution in [0, 0.1) is 11.3 Å². The van der Waals surface area contributed by atoms with Crippen molar-refractivity contribution in [2.45, 2.75) is 12.3 Å². The molecule has 9 heteroatoms. The molecule has 0 bridgehead atoms. The van der Waals surface area contributed by atoms with Gasteiger partial charge in [-0.25, -0.2) is 9.78 Å². The molecule has 2 heterocycles. The Morgan fingerprint density at radius 2 is 1.92 bits per heavy atom. The van der Waals surface area contributed by atoms with E-state index in [-0.39, 0.29) is 11.8 Å². The van der Waals surface area contributed by atoms with E-state index in [4.69, 9.17) is 10.00 Å². The van der Waals surface area contributed by atoms with Gasteiger partial charge in [0.15, 0.2) is 0 Å². The Morgan fingerprint density at radius 3 is 2.46 bits per heavy atom. The highest BCUT2D eigenvalue weighted by Crippen LogP contribution is 2.30. The minimum atomic E-state index is -4.41. The lowest BCUT2D eigenvalue weighted by Gasteiger charge is -2.38. The first-order valence-corrected chi connectivity index (χ1v) is 7.61. The summed E-state index contributed by atoms with van der Waals surface area (Å²) in [5.41, 5.74) is -0.0764.